The predicted octanol–water partition coefficient (Wildman–Crippen LogP) is -1.63. The minimum atomic E-state index is -4.93. The fraction of sp³-hybridized carbons (Fsp3) is 0. The minimum absolute atomic E-state index is 1.88. The number of nitrogens with zero attached hydrogens (tertiary/aromatic N) is 1. The fourth-order valence-corrected chi connectivity index (χ4v) is 1.37. The molecule has 0 bridgehead atoms. The van der Waals surface area contributed by atoms with Gasteiger partial charge in [0.15, 0.2) is 0 Å². The van der Waals surface area contributed by atoms with Gasteiger partial charge >= 0.3 is 7.75 Å². The summed E-state index contributed by atoms with van der Waals surface area (Å²) in [5.41, 5.74) is 0. The Kier molecular flexibility index (Phi) is 2.55. The molecular weight excluding hydrogens is 172 g/mol. The van der Waals surface area contributed by atoms with E-state index >= 15 is 0 Å². The monoisotopic (exact) mass is 176 g/mol. The molecule has 0 aromatic rings. The Hall–Kier alpha value is 0.260. The van der Waals surface area contributed by atoms with Gasteiger partial charge in [0.05, 0.1) is 0 Å². The van der Waals surface area contributed by atoms with Crippen LogP contribution >= 0.6 is 15.5 Å². The van der Waals surface area contributed by atoms with Gasteiger partial charge in [-0.25, -0.2) is 4.57 Å². The van der Waals surface area contributed by atoms with E-state index in [0.717, 1.165) is 0 Å². The molecule has 0 amide bonds. The lowest BCUT2D eigenvalue weighted by Gasteiger charge is -2.13. The van der Waals surface area contributed by atoms with Crippen LogP contribution in [0.5, 0.6) is 0 Å². The quantitative estimate of drug-likeness (QED) is 0.354. The molecule has 9 heteroatoms. The molecule has 0 rings (SSSR count). The predicted molar refractivity (Wildman–Crippen MR) is 25.8 cm³/mol. The van der Waals surface area contributed by atoms with E-state index in [2.05, 4.69) is 0 Å². The second kappa shape index (κ2) is 2.48. The first-order chi connectivity index (χ1) is 3.71. The van der Waals surface area contributed by atoms with Crippen molar-refractivity contribution in [2.24, 2.45) is 4.52 Å². The Labute approximate surface area is 50.1 Å². The number of hydrogen-bond acceptors (Lipinski definition) is 2. The Morgan fingerprint density at radius 1 is 1.22 bits per heavy atom. The molecule has 0 aromatic heterocycles. The molecule has 0 fully saturated rings. The summed E-state index contributed by atoms with van der Waals surface area (Å²) >= 11 is 0. The highest BCUT2D eigenvalue weighted by Gasteiger charge is 2.11. The SMILES string of the molecule is O=P(O)(O)N=P([O-])(O)O. The topological polar surface area (TPSA) is 133 Å². The van der Waals surface area contributed by atoms with Gasteiger partial charge in [0, 0.05) is 0 Å². The van der Waals surface area contributed by atoms with Crippen molar-refractivity contribution in [1.29, 1.82) is 0 Å². The van der Waals surface area contributed by atoms with Gasteiger partial charge in [-0.15, -0.1) is 0 Å². The Balaban J connectivity index is 4.53. The molecule has 0 unspecified atom stereocenters. The van der Waals surface area contributed by atoms with Crippen molar-refractivity contribution in [3.05, 3.63) is 0 Å². The molecule has 0 spiro atoms. The van der Waals surface area contributed by atoms with Gasteiger partial charge < -0.3 is 24.5 Å². The Bertz CT molecular complexity index is 173. The maximum atomic E-state index is 9.68. The fourth-order valence-electron chi connectivity index (χ4n) is 0.152. The van der Waals surface area contributed by atoms with E-state index in [4.69, 9.17) is 19.6 Å². The summed E-state index contributed by atoms with van der Waals surface area (Å²) in [6, 6.07) is 0. The van der Waals surface area contributed by atoms with Gasteiger partial charge in [-0.05, 0) is 0 Å². The zero-order valence-electron chi connectivity index (χ0n) is 3.95. The molecule has 56 valence electrons. The second-order valence-electron chi connectivity index (χ2n) is 1.12. The molecule has 0 atom stereocenters. The van der Waals surface area contributed by atoms with Crippen LogP contribution in [0.15, 0.2) is 4.52 Å². The van der Waals surface area contributed by atoms with Crippen molar-refractivity contribution >= 4 is 15.5 Å². The van der Waals surface area contributed by atoms with Crippen LogP contribution in [0, 0.1) is 0 Å². The highest BCUT2D eigenvalue weighted by atomic mass is 31.2. The average Bonchev–Trinajstić information content (AvgIpc) is 1.14. The molecule has 0 saturated carbocycles. The van der Waals surface area contributed by atoms with Crippen molar-refractivity contribution < 1.29 is 29.0 Å². The van der Waals surface area contributed by atoms with E-state index in [1.165, 1.54) is 0 Å². The van der Waals surface area contributed by atoms with Gasteiger partial charge in [-0.1, -0.05) is 0 Å². The molecule has 0 heterocycles. The summed E-state index contributed by atoms with van der Waals surface area (Å²) in [6.07, 6.45) is 0. The lowest BCUT2D eigenvalue weighted by Crippen LogP contribution is -1.97. The summed E-state index contributed by atoms with van der Waals surface area (Å²) < 4.78 is 11.6. The first kappa shape index (κ1) is 9.26. The number of hydrogen-bond donors (Lipinski definition) is 4. The smallest absolute Gasteiger partial charge is 0.450 e. The van der Waals surface area contributed by atoms with Crippen molar-refractivity contribution in [2.75, 3.05) is 0 Å². The molecule has 9 heavy (non-hydrogen) atoms. The molecule has 0 aliphatic rings. The maximum Gasteiger partial charge on any atom is 0.450 e. The van der Waals surface area contributed by atoms with Gasteiger partial charge in [0.25, 0.3) is 0 Å². The van der Waals surface area contributed by atoms with E-state index in [1.54, 1.807) is 0 Å². The highest BCUT2D eigenvalue weighted by molar-refractivity contribution is 7.60. The van der Waals surface area contributed by atoms with Crippen LogP contribution < -0.4 is 4.89 Å². The van der Waals surface area contributed by atoms with Crippen molar-refractivity contribution in [1.82, 2.24) is 0 Å². The lowest BCUT2D eigenvalue weighted by molar-refractivity contribution is -0.201. The first-order valence-electron chi connectivity index (χ1n) is 1.57. The molecule has 0 aromatic carbocycles. The normalized spacial score (nSPS) is 13.4. The minimum Gasteiger partial charge on any atom is -0.773 e. The highest BCUT2D eigenvalue weighted by Crippen LogP contribution is 2.47. The van der Waals surface area contributed by atoms with Gasteiger partial charge in [-0.2, -0.15) is 4.52 Å². The summed E-state index contributed by atoms with van der Waals surface area (Å²) in [4.78, 5) is 40.9. The van der Waals surface area contributed by atoms with Crippen LogP contribution in [0.2, 0.25) is 0 Å². The van der Waals surface area contributed by atoms with E-state index < -0.39 is 15.5 Å². The third-order valence-electron chi connectivity index (χ3n) is 0.233. The molecule has 0 saturated heterocycles. The van der Waals surface area contributed by atoms with Crippen molar-refractivity contribution in [2.45, 2.75) is 0 Å². The largest absolute Gasteiger partial charge is 0.773 e. The van der Waals surface area contributed by atoms with Crippen LogP contribution in [-0.2, 0) is 4.57 Å². The van der Waals surface area contributed by atoms with Crippen LogP contribution in [0.4, 0.5) is 0 Å². The molecule has 0 radical (unpaired) electrons. The standard InChI is InChI=1S/H4NO6P2/c2-8(3,4)1-9(5,6)7/h(H4-,2,3,4,5,6,7)/q-1. The molecule has 0 aliphatic carbocycles. The van der Waals surface area contributed by atoms with Crippen molar-refractivity contribution in [3.8, 4) is 0 Å². The summed E-state index contributed by atoms with van der Waals surface area (Å²) in [5, 5.41) is 0. The zero-order chi connectivity index (χ0) is 7.71. The van der Waals surface area contributed by atoms with E-state index in [9.17, 15) is 9.46 Å². The molecule has 7 nitrogen and oxygen atoms in total. The van der Waals surface area contributed by atoms with Crippen LogP contribution in [-0.4, -0.2) is 19.6 Å². The third-order valence-corrected chi connectivity index (χ3v) is 2.10. The summed E-state index contributed by atoms with van der Waals surface area (Å²) in [6.45, 7) is 0. The van der Waals surface area contributed by atoms with Gasteiger partial charge in [0.1, 0.15) is 7.74 Å². The average molecular weight is 176 g/mol. The van der Waals surface area contributed by atoms with E-state index in [1.807, 2.05) is 4.52 Å². The van der Waals surface area contributed by atoms with Crippen LogP contribution in [0.1, 0.15) is 0 Å². The zero-order valence-corrected chi connectivity index (χ0v) is 5.74. The lowest BCUT2D eigenvalue weighted by atomic mass is 13.9. The Morgan fingerprint density at radius 2 is 1.56 bits per heavy atom. The molecular formula is H4NO6P2-. The van der Waals surface area contributed by atoms with Crippen LogP contribution in [0.25, 0.3) is 0 Å². The molecule has 0 aliphatic heterocycles. The number of rotatable bonds is 1. The van der Waals surface area contributed by atoms with Gasteiger partial charge in [0.2, 0.25) is 0 Å². The maximum absolute atomic E-state index is 9.68. The van der Waals surface area contributed by atoms with E-state index in [0.29, 0.717) is 0 Å². The summed E-state index contributed by atoms with van der Waals surface area (Å²) in [7, 11) is -9.85. The summed E-state index contributed by atoms with van der Waals surface area (Å²) in [5.74, 6) is 0. The van der Waals surface area contributed by atoms with E-state index in [-0.39, 0.29) is 0 Å². The first-order valence-corrected chi connectivity index (χ1v) is 4.70. The Morgan fingerprint density at radius 3 is 1.56 bits per heavy atom. The molecule has 4 N–H and O–H groups in total. The second-order valence-corrected chi connectivity index (χ2v) is 3.88. The van der Waals surface area contributed by atoms with Crippen LogP contribution in [0.3, 0.4) is 0 Å². The van der Waals surface area contributed by atoms with Crippen molar-refractivity contribution in [3.63, 3.8) is 0 Å². The van der Waals surface area contributed by atoms with Gasteiger partial charge in [-0.3, -0.25) is 0 Å². The third kappa shape index (κ3) is 8.26.